The first-order chi connectivity index (χ1) is 12.8. The molecule has 1 fully saturated rings. The average molecular weight is 346 g/mol. The number of carbonyl (C=O) groups excluding carboxylic acids is 1. The molecule has 0 bridgehead atoms. The fraction of sp³-hybridized carbons (Fsp3) is 0.211. The molecule has 0 radical (unpaired) electrons. The summed E-state index contributed by atoms with van der Waals surface area (Å²) in [6.45, 7) is 0.731. The minimum absolute atomic E-state index is 0.0372. The highest BCUT2D eigenvalue weighted by molar-refractivity contribution is 5.94. The van der Waals surface area contributed by atoms with Gasteiger partial charge >= 0.3 is 0 Å². The number of amides is 1. The number of rotatable bonds is 4. The number of hydrogen-bond acceptors (Lipinski definition) is 6. The first-order valence-corrected chi connectivity index (χ1v) is 8.53. The van der Waals surface area contributed by atoms with Crippen LogP contribution in [0.5, 0.6) is 0 Å². The minimum atomic E-state index is -0.0480. The van der Waals surface area contributed by atoms with Crippen molar-refractivity contribution in [2.75, 3.05) is 11.9 Å². The van der Waals surface area contributed by atoms with Gasteiger partial charge in [-0.05, 0) is 31.0 Å². The van der Waals surface area contributed by atoms with Crippen molar-refractivity contribution < 1.29 is 4.79 Å². The van der Waals surface area contributed by atoms with Crippen LogP contribution >= 0.6 is 0 Å². The first kappa shape index (κ1) is 16.1. The summed E-state index contributed by atoms with van der Waals surface area (Å²) < 4.78 is 0. The van der Waals surface area contributed by atoms with Crippen LogP contribution in [0, 0.1) is 0 Å². The monoisotopic (exact) mass is 346 g/mol. The molecule has 1 atom stereocenters. The summed E-state index contributed by atoms with van der Waals surface area (Å²) in [6.07, 6.45) is 8.36. The number of carbonyl (C=O) groups is 1. The Morgan fingerprint density at radius 2 is 1.96 bits per heavy atom. The molecule has 1 aromatic carbocycles. The normalized spacial score (nSPS) is 16.5. The molecule has 3 heterocycles. The van der Waals surface area contributed by atoms with E-state index in [0.717, 1.165) is 25.1 Å². The lowest BCUT2D eigenvalue weighted by molar-refractivity contribution is 0.0733. The van der Waals surface area contributed by atoms with Crippen LogP contribution in [0.2, 0.25) is 0 Å². The van der Waals surface area contributed by atoms with Crippen molar-refractivity contribution in [2.24, 2.45) is 0 Å². The summed E-state index contributed by atoms with van der Waals surface area (Å²) in [5.41, 5.74) is 1.53. The first-order valence-electron chi connectivity index (χ1n) is 8.53. The van der Waals surface area contributed by atoms with Crippen LogP contribution in [-0.4, -0.2) is 37.3 Å². The van der Waals surface area contributed by atoms with E-state index < -0.39 is 0 Å². The van der Waals surface area contributed by atoms with Crippen LogP contribution in [0.4, 0.5) is 11.8 Å². The minimum Gasteiger partial charge on any atom is -0.330 e. The van der Waals surface area contributed by atoms with Crippen molar-refractivity contribution >= 4 is 17.7 Å². The fourth-order valence-electron chi connectivity index (χ4n) is 3.16. The zero-order valence-electron chi connectivity index (χ0n) is 14.1. The molecule has 0 saturated carbocycles. The van der Waals surface area contributed by atoms with Crippen LogP contribution in [0.3, 0.4) is 0 Å². The van der Waals surface area contributed by atoms with E-state index in [-0.39, 0.29) is 11.9 Å². The lowest BCUT2D eigenvalue weighted by Gasteiger charge is -2.24. The van der Waals surface area contributed by atoms with Crippen molar-refractivity contribution in [3.63, 3.8) is 0 Å². The van der Waals surface area contributed by atoms with Gasteiger partial charge in [-0.15, -0.1) is 0 Å². The molecule has 0 unspecified atom stereocenters. The van der Waals surface area contributed by atoms with Gasteiger partial charge in [-0.1, -0.05) is 18.2 Å². The van der Waals surface area contributed by atoms with Gasteiger partial charge in [-0.25, -0.2) is 15.0 Å². The highest BCUT2D eigenvalue weighted by Gasteiger charge is 2.31. The van der Waals surface area contributed by atoms with E-state index in [4.69, 9.17) is 0 Å². The predicted molar refractivity (Wildman–Crippen MR) is 96.8 cm³/mol. The number of hydrogen-bond donors (Lipinski definition) is 1. The van der Waals surface area contributed by atoms with E-state index in [0.29, 0.717) is 17.3 Å². The van der Waals surface area contributed by atoms with Gasteiger partial charge in [0.1, 0.15) is 0 Å². The molecule has 4 rings (SSSR count). The number of likely N-dealkylation sites (tertiary alicyclic amines) is 1. The van der Waals surface area contributed by atoms with Crippen molar-refractivity contribution in [3.8, 4) is 0 Å². The number of anilines is 2. The molecule has 7 heteroatoms. The Morgan fingerprint density at radius 1 is 1.08 bits per heavy atom. The molecule has 0 spiro atoms. The summed E-state index contributed by atoms with van der Waals surface area (Å²) in [4.78, 5) is 31.8. The van der Waals surface area contributed by atoms with E-state index in [2.05, 4.69) is 25.3 Å². The largest absolute Gasteiger partial charge is 0.330 e. The third-order valence-electron chi connectivity index (χ3n) is 4.36. The number of nitrogens with zero attached hydrogens (tertiary/aromatic N) is 5. The molecule has 7 nitrogen and oxygen atoms in total. The van der Waals surface area contributed by atoms with Crippen molar-refractivity contribution in [1.29, 1.82) is 0 Å². The zero-order chi connectivity index (χ0) is 17.8. The Hall–Kier alpha value is -3.35. The van der Waals surface area contributed by atoms with Gasteiger partial charge in [0.15, 0.2) is 5.82 Å². The van der Waals surface area contributed by atoms with Crippen LogP contribution in [0.25, 0.3) is 0 Å². The SMILES string of the molecule is O=C(c1ccccc1)N1CCC[C@H]1c1ccnc(Nc2cnccn2)n1. The smallest absolute Gasteiger partial charge is 0.254 e. The molecule has 1 amide bonds. The molecule has 1 aliphatic heterocycles. The molecule has 1 N–H and O–H groups in total. The van der Waals surface area contributed by atoms with E-state index in [1.807, 2.05) is 41.3 Å². The van der Waals surface area contributed by atoms with Crippen LogP contribution in [-0.2, 0) is 0 Å². The number of benzene rings is 1. The molecular formula is C19H18N6O. The second-order valence-corrected chi connectivity index (χ2v) is 6.04. The summed E-state index contributed by atoms with van der Waals surface area (Å²) in [7, 11) is 0. The fourth-order valence-corrected chi connectivity index (χ4v) is 3.16. The van der Waals surface area contributed by atoms with Crippen LogP contribution in [0.1, 0.15) is 34.9 Å². The van der Waals surface area contributed by atoms with E-state index >= 15 is 0 Å². The van der Waals surface area contributed by atoms with E-state index in [1.165, 1.54) is 0 Å². The van der Waals surface area contributed by atoms with Gasteiger partial charge < -0.3 is 10.2 Å². The van der Waals surface area contributed by atoms with Crippen molar-refractivity contribution in [2.45, 2.75) is 18.9 Å². The Morgan fingerprint density at radius 3 is 2.77 bits per heavy atom. The Kier molecular flexibility index (Phi) is 4.51. The lowest BCUT2D eigenvalue weighted by Crippen LogP contribution is -2.31. The van der Waals surface area contributed by atoms with Crippen molar-refractivity contribution in [3.05, 3.63) is 72.4 Å². The third kappa shape index (κ3) is 3.37. The molecule has 0 aliphatic carbocycles. The number of nitrogens with one attached hydrogen (secondary N) is 1. The Bertz CT molecular complexity index is 887. The molecule has 130 valence electrons. The van der Waals surface area contributed by atoms with Crippen LogP contribution < -0.4 is 5.32 Å². The molecule has 3 aromatic rings. The topological polar surface area (TPSA) is 83.9 Å². The second-order valence-electron chi connectivity index (χ2n) is 6.04. The van der Waals surface area contributed by atoms with Crippen LogP contribution in [0.15, 0.2) is 61.2 Å². The molecule has 1 saturated heterocycles. The Balaban J connectivity index is 1.56. The number of aromatic nitrogens is 4. The zero-order valence-corrected chi connectivity index (χ0v) is 14.1. The van der Waals surface area contributed by atoms with Crippen molar-refractivity contribution in [1.82, 2.24) is 24.8 Å². The Labute approximate surface area is 151 Å². The lowest BCUT2D eigenvalue weighted by atomic mass is 10.1. The van der Waals surface area contributed by atoms with Gasteiger partial charge in [0.25, 0.3) is 5.91 Å². The quantitative estimate of drug-likeness (QED) is 0.782. The highest BCUT2D eigenvalue weighted by Crippen LogP contribution is 2.32. The predicted octanol–water partition coefficient (Wildman–Crippen LogP) is 2.99. The summed E-state index contributed by atoms with van der Waals surface area (Å²) >= 11 is 0. The standard InChI is InChI=1S/C19H18N6O/c26-18(14-5-2-1-3-6-14)25-12-4-7-16(25)15-8-9-22-19(23-15)24-17-13-20-10-11-21-17/h1-3,5-6,8-11,13,16H,4,7,12H2,(H,21,22,23,24)/t16-/m0/s1. The van der Waals surface area contributed by atoms with Gasteiger partial charge in [0.05, 0.1) is 17.9 Å². The van der Waals surface area contributed by atoms with E-state index in [1.54, 1.807) is 24.8 Å². The summed E-state index contributed by atoms with van der Waals surface area (Å²) in [5.74, 6) is 1.06. The van der Waals surface area contributed by atoms with Gasteiger partial charge in [-0.2, -0.15) is 0 Å². The maximum absolute atomic E-state index is 12.9. The third-order valence-corrected chi connectivity index (χ3v) is 4.36. The molecule has 2 aromatic heterocycles. The van der Waals surface area contributed by atoms with Gasteiger partial charge in [-0.3, -0.25) is 9.78 Å². The molecule has 1 aliphatic rings. The molecule has 26 heavy (non-hydrogen) atoms. The highest BCUT2D eigenvalue weighted by atomic mass is 16.2. The summed E-state index contributed by atoms with van der Waals surface area (Å²) in [5, 5.41) is 3.04. The maximum atomic E-state index is 12.9. The summed E-state index contributed by atoms with van der Waals surface area (Å²) in [6, 6.07) is 11.2. The van der Waals surface area contributed by atoms with Gasteiger partial charge in [0.2, 0.25) is 5.95 Å². The maximum Gasteiger partial charge on any atom is 0.254 e. The second kappa shape index (κ2) is 7.26. The van der Waals surface area contributed by atoms with Gasteiger partial charge in [0, 0.05) is 30.7 Å². The van der Waals surface area contributed by atoms with E-state index in [9.17, 15) is 4.79 Å². The average Bonchev–Trinajstić information content (AvgIpc) is 3.19. The molecular weight excluding hydrogens is 328 g/mol.